The molecule has 0 saturated carbocycles. The fourth-order valence-corrected chi connectivity index (χ4v) is 1.37. The van der Waals surface area contributed by atoms with Crippen molar-refractivity contribution >= 4 is 5.71 Å². The number of rotatable bonds is 1. The van der Waals surface area contributed by atoms with Crippen LogP contribution in [0.5, 0.6) is 0 Å². The molecule has 0 saturated heterocycles. The molecule has 0 heterocycles. The number of hydrogen-bond acceptors (Lipinski definition) is 2. The van der Waals surface area contributed by atoms with Crippen molar-refractivity contribution in [3.8, 4) is 0 Å². The summed E-state index contributed by atoms with van der Waals surface area (Å²) in [6.07, 6.45) is 3.50. The van der Waals surface area contributed by atoms with Gasteiger partial charge in [0.05, 0.1) is 5.71 Å². The summed E-state index contributed by atoms with van der Waals surface area (Å²) in [4.78, 5) is 4.75. The highest BCUT2D eigenvalue weighted by Gasteiger charge is 2.11. The lowest BCUT2D eigenvalue weighted by molar-refractivity contribution is 0.212. The van der Waals surface area contributed by atoms with Crippen LogP contribution in [0, 0.1) is 0 Å². The quantitative estimate of drug-likeness (QED) is 0.530. The minimum Gasteiger partial charge on any atom is -0.399 e. The van der Waals surface area contributed by atoms with E-state index in [0.717, 1.165) is 12.1 Å². The molecule has 0 bridgehead atoms. The van der Waals surface area contributed by atoms with E-state index in [1.165, 1.54) is 24.0 Å². The Balaban J connectivity index is 2.82. The lowest BCUT2D eigenvalue weighted by Crippen LogP contribution is -2.08. The van der Waals surface area contributed by atoms with Crippen LogP contribution < -0.4 is 0 Å². The van der Waals surface area contributed by atoms with Crippen molar-refractivity contribution in [2.45, 2.75) is 33.1 Å². The molecule has 0 aromatic heterocycles. The highest BCUT2D eigenvalue weighted by molar-refractivity contribution is 6.00. The van der Waals surface area contributed by atoms with Gasteiger partial charge in [-0.3, -0.25) is 0 Å². The SMILES string of the molecule is CO/N=C1\CCCC(C)=C1C. The molecule has 0 fully saturated rings. The summed E-state index contributed by atoms with van der Waals surface area (Å²) >= 11 is 0. The van der Waals surface area contributed by atoms with Crippen molar-refractivity contribution in [1.82, 2.24) is 0 Å². The van der Waals surface area contributed by atoms with E-state index >= 15 is 0 Å². The van der Waals surface area contributed by atoms with E-state index in [4.69, 9.17) is 4.84 Å². The van der Waals surface area contributed by atoms with Crippen molar-refractivity contribution < 1.29 is 4.84 Å². The third-order valence-electron chi connectivity index (χ3n) is 2.24. The highest BCUT2D eigenvalue weighted by Crippen LogP contribution is 2.21. The van der Waals surface area contributed by atoms with Gasteiger partial charge in [-0.1, -0.05) is 10.7 Å². The van der Waals surface area contributed by atoms with Gasteiger partial charge in [0.1, 0.15) is 7.11 Å². The van der Waals surface area contributed by atoms with Gasteiger partial charge in [0, 0.05) is 0 Å². The molecule has 1 aliphatic carbocycles. The van der Waals surface area contributed by atoms with Crippen molar-refractivity contribution in [1.29, 1.82) is 0 Å². The van der Waals surface area contributed by atoms with Gasteiger partial charge in [-0.05, 0) is 38.7 Å². The Morgan fingerprint density at radius 3 is 2.64 bits per heavy atom. The molecule has 0 amide bonds. The van der Waals surface area contributed by atoms with Crippen molar-refractivity contribution in [3.05, 3.63) is 11.1 Å². The molecule has 0 N–H and O–H groups in total. The normalized spacial score (nSPS) is 22.6. The lowest BCUT2D eigenvalue weighted by Gasteiger charge is -2.15. The highest BCUT2D eigenvalue weighted by atomic mass is 16.6. The Kier molecular flexibility index (Phi) is 2.69. The van der Waals surface area contributed by atoms with Crippen LogP contribution in [-0.2, 0) is 4.84 Å². The smallest absolute Gasteiger partial charge is 0.106 e. The number of oxime groups is 1. The fraction of sp³-hybridized carbons (Fsp3) is 0.667. The summed E-state index contributed by atoms with van der Waals surface area (Å²) in [6.45, 7) is 4.28. The molecule has 2 nitrogen and oxygen atoms in total. The van der Waals surface area contributed by atoms with Crippen LogP contribution in [0.4, 0.5) is 0 Å². The van der Waals surface area contributed by atoms with Crippen LogP contribution in [0.3, 0.4) is 0 Å². The molecule has 0 unspecified atom stereocenters. The summed E-state index contributed by atoms with van der Waals surface area (Å²) < 4.78 is 0. The maximum absolute atomic E-state index is 4.75. The largest absolute Gasteiger partial charge is 0.399 e. The molecule has 0 atom stereocenters. The minimum absolute atomic E-state index is 1.07. The molecule has 0 aromatic rings. The molecule has 0 aromatic carbocycles. The summed E-state index contributed by atoms with van der Waals surface area (Å²) in [5, 5.41) is 3.97. The molecule has 62 valence electrons. The van der Waals surface area contributed by atoms with Gasteiger partial charge in [-0.15, -0.1) is 0 Å². The van der Waals surface area contributed by atoms with Crippen molar-refractivity contribution in [3.63, 3.8) is 0 Å². The van der Waals surface area contributed by atoms with E-state index < -0.39 is 0 Å². The maximum Gasteiger partial charge on any atom is 0.106 e. The average Bonchev–Trinajstić information content (AvgIpc) is 1.99. The molecule has 11 heavy (non-hydrogen) atoms. The van der Waals surface area contributed by atoms with E-state index in [0.29, 0.717) is 0 Å². The van der Waals surface area contributed by atoms with E-state index in [1.54, 1.807) is 7.11 Å². The zero-order valence-corrected chi connectivity index (χ0v) is 7.48. The van der Waals surface area contributed by atoms with Gasteiger partial charge >= 0.3 is 0 Å². The number of allylic oxidation sites excluding steroid dienone is 2. The first-order valence-electron chi connectivity index (χ1n) is 4.02. The minimum atomic E-state index is 1.07. The molecule has 1 rings (SSSR count). The first kappa shape index (κ1) is 8.31. The van der Waals surface area contributed by atoms with Crippen molar-refractivity contribution in [2.24, 2.45) is 5.16 Å². The van der Waals surface area contributed by atoms with Gasteiger partial charge in [0.25, 0.3) is 0 Å². The predicted octanol–water partition coefficient (Wildman–Crippen LogP) is 2.51. The molecule has 0 aliphatic heterocycles. The van der Waals surface area contributed by atoms with E-state index in [2.05, 4.69) is 19.0 Å². The molecular formula is C9H15NO. The van der Waals surface area contributed by atoms with Crippen molar-refractivity contribution in [2.75, 3.05) is 7.11 Å². The summed E-state index contributed by atoms with van der Waals surface area (Å²) in [5.74, 6) is 0. The second-order valence-corrected chi connectivity index (χ2v) is 2.98. The zero-order valence-electron chi connectivity index (χ0n) is 7.48. The van der Waals surface area contributed by atoms with E-state index in [1.807, 2.05) is 0 Å². The molecular weight excluding hydrogens is 138 g/mol. The van der Waals surface area contributed by atoms with E-state index in [-0.39, 0.29) is 0 Å². The number of nitrogens with zero attached hydrogens (tertiary/aromatic N) is 1. The summed E-state index contributed by atoms with van der Waals surface area (Å²) in [7, 11) is 1.60. The second-order valence-electron chi connectivity index (χ2n) is 2.98. The van der Waals surface area contributed by atoms with Crippen LogP contribution in [-0.4, -0.2) is 12.8 Å². The lowest BCUT2D eigenvalue weighted by atomic mass is 9.92. The molecule has 0 radical (unpaired) electrons. The second kappa shape index (κ2) is 3.56. The fourth-order valence-electron chi connectivity index (χ4n) is 1.37. The summed E-state index contributed by atoms with van der Waals surface area (Å²) in [5.41, 5.74) is 3.89. The molecule has 1 aliphatic rings. The van der Waals surface area contributed by atoms with Crippen LogP contribution in [0.15, 0.2) is 16.3 Å². The van der Waals surface area contributed by atoms with Gasteiger partial charge in [-0.25, -0.2) is 0 Å². The zero-order chi connectivity index (χ0) is 8.27. The first-order valence-corrected chi connectivity index (χ1v) is 4.02. The van der Waals surface area contributed by atoms with Crippen LogP contribution in [0.1, 0.15) is 33.1 Å². The average molecular weight is 153 g/mol. The Hall–Kier alpha value is -0.790. The number of hydrogen-bond donors (Lipinski definition) is 0. The predicted molar refractivity (Wildman–Crippen MR) is 46.7 cm³/mol. The van der Waals surface area contributed by atoms with Crippen LogP contribution in [0.2, 0.25) is 0 Å². The van der Waals surface area contributed by atoms with Gasteiger partial charge in [0.2, 0.25) is 0 Å². The monoisotopic (exact) mass is 153 g/mol. The Bertz CT molecular complexity index is 204. The third-order valence-corrected chi connectivity index (χ3v) is 2.24. The molecule has 2 heteroatoms. The Labute approximate surface area is 67.9 Å². The van der Waals surface area contributed by atoms with Gasteiger partial charge < -0.3 is 4.84 Å². The Morgan fingerprint density at radius 2 is 2.00 bits per heavy atom. The third kappa shape index (κ3) is 1.82. The van der Waals surface area contributed by atoms with Crippen LogP contribution >= 0.6 is 0 Å². The Morgan fingerprint density at radius 1 is 1.27 bits per heavy atom. The first-order chi connectivity index (χ1) is 5.25. The topological polar surface area (TPSA) is 21.6 Å². The van der Waals surface area contributed by atoms with Crippen LogP contribution in [0.25, 0.3) is 0 Å². The van der Waals surface area contributed by atoms with E-state index in [9.17, 15) is 0 Å². The summed E-state index contributed by atoms with van der Waals surface area (Å²) in [6, 6.07) is 0. The van der Waals surface area contributed by atoms with Gasteiger partial charge in [-0.2, -0.15) is 0 Å². The van der Waals surface area contributed by atoms with Gasteiger partial charge in [0.15, 0.2) is 0 Å². The molecule has 0 spiro atoms. The maximum atomic E-state index is 4.75. The standard InChI is InChI=1S/C9H15NO/c1-7-5-4-6-9(8(7)2)10-11-3/h4-6H2,1-3H3/b10-9+.